The fourth-order valence-corrected chi connectivity index (χ4v) is 3.46. The standard InChI is InChI=1S/C11H12O3S/c12-8-9-4-6-11(7-5-9)15(13,14)10-2-1-3-10/h4-8,10H,1-3H2. The SMILES string of the molecule is O=Cc1ccc(S(=O)(=O)C2CCC2)cc1. The molecule has 1 fully saturated rings. The van der Waals surface area contributed by atoms with E-state index in [1.54, 1.807) is 12.1 Å². The Morgan fingerprint density at radius 1 is 1.13 bits per heavy atom. The van der Waals surface area contributed by atoms with E-state index < -0.39 is 9.84 Å². The van der Waals surface area contributed by atoms with Crippen molar-refractivity contribution in [1.82, 2.24) is 0 Å². The van der Waals surface area contributed by atoms with Crippen LogP contribution in [0.1, 0.15) is 29.6 Å². The number of sulfone groups is 1. The van der Waals surface area contributed by atoms with Gasteiger partial charge in [-0.1, -0.05) is 18.6 Å². The highest BCUT2D eigenvalue weighted by molar-refractivity contribution is 7.92. The number of rotatable bonds is 3. The molecule has 2 rings (SSSR count). The van der Waals surface area contributed by atoms with Gasteiger partial charge in [0.05, 0.1) is 10.1 Å². The Morgan fingerprint density at radius 2 is 1.73 bits per heavy atom. The first-order chi connectivity index (χ1) is 7.14. The quantitative estimate of drug-likeness (QED) is 0.736. The lowest BCUT2D eigenvalue weighted by atomic mass is 10.00. The molecule has 15 heavy (non-hydrogen) atoms. The monoisotopic (exact) mass is 224 g/mol. The highest BCUT2D eigenvalue weighted by Gasteiger charge is 2.32. The maximum absolute atomic E-state index is 11.9. The van der Waals surface area contributed by atoms with Gasteiger partial charge >= 0.3 is 0 Å². The van der Waals surface area contributed by atoms with Crippen LogP contribution in [-0.2, 0) is 9.84 Å². The fraction of sp³-hybridized carbons (Fsp3) is 0.364. The van der Waals surface area contributed by atoms with E-state index in [0.29, 0.717) is 16.7 Å². The molecule has 3 nitrogen and oxygen atoms in total. The lowest BCUT2D eigenvalue weighted by Crippen LogP contribution is -2.28. The van der Waals surface area contributed by atoms with Crippen molar-refractivity contribution >= 4 is 16.1 Å². The molecule has 1 aromatic rings. The summed E-state index contributed by atoms with van der Waals surface area (Å²) in [4.78, 5) is 10.8. The van der Waals surface area contributed by atoms with Crippen LogP contribution in [0.2, 0.25) is 0 Å². The third-order valence-electron chi connectivity index (χ3n) is 2.84. The number of aldehydes is 1. The largest absolute Gasteiger partial charge is 0.298 e. The number of carbonyl (C=O) groups excluding carboxylic acids is 1. The Kier molecular flexibility index (Phi) is 2.61. The van der Waals surface area contributed by atoms with Crippen LogP contribution in [0.25, 0.3) is 0 Å². The molecule has 0 heterocycles. The average molecular weight is 224 g/mol. The van der Waals surface area contributed by atoms with Gasteiger partial charge in [0.1, 0.15) is 6.29 Å². The van der Waals surface area contributed by atoms with Crippen molar-refractivity contribution in [3.05, 3.63) is 29.8 Å². The van der Waals surface area contributed by atoms with Gasteiger partial charge in [-0.15, -0.1) is 0 Å². The van der Waals surface area contributed by atoms with E-state index >= 15 is 0 Å². The second kappa shape index (κ2) is 3.77. The maximum atomic E-state index is 11.9. The number of hydrogen-bond acceptors (Lipinski definition) is 3. The van der Waals surface area contributed by atoms with Crippen LogP contribution in [0.4, 0.5) is 0 Å². The summed E-state index contributed by atoms with van der Waals surface area (Å²) in [5.41, 5.74) is 0.502. The molecule has 0 amide bonds. The van der Waals surface area contributed by atoms with Crippen molar-refractivity contribution in [3.63, 3.8) is 0 Å². The molecule has 0 unspecified atom stereocenters. The smallest absolute Gasteiger partial charge is 0.181 e. The lowest BCUT2D eigenvalue weighted by Gasteiger charge is -2.25. The predicted molar refractivity (Wildman–Crippen MR) is 56.7 cm³/mol. The molecule has 0 saturated heterocycles. The van der Waals surface area contributed by atoms with Crippen LogP contribution in [0.5, 0.6) is 0 Å². The first-order valence-electron chi connectivity index (χ1n) is 4.94. The van der Waals surface area contributed by atoms with Crippen molar-refractivity contribution in [2.45, 2.75) is 29.4 Å². The fourth-order valence-electron chi connectivity index (χ4n) is 1.61. The molecule has 4 heteroatoms. The van der Waals surface area contributed by atoms with Crippen molar-refractivity contribution in [1.29, 1.82) is 0 Å². The Morgan fingerprint density at radius 3 is 2.13 bits per heavy atom. The Balaban J connectivity index is 2.32. The summed E-state index contributed by atoms with van der Waals surface area (Å²) in [6.07, 6.45) is 3.23. The molecule has 0 radical (unpaired) electrons. The number of benzene rings is 1. The molecule has 0 aromatic heterocycles. The van der Waals surface area contributed by atoms with Crippen LogP contribution in [-0.4, -0.2) is 20.0 Å². The van der Waals surface area contributed by atoms with Gasteiger partial charge in [0.15, 0.2) is 9.84 Å². The van der Waals surface area contributed by atoms with Gasteiger partial charge in [-0.2, -0.15) is 0 Å². The zero-order chi connectivity index (χ0) is 10.9. The normalized spacial score (nSPS) is 17.1. The summed E-state index contributed by atoms with van der Waals surface area (Å²) in [7, 11) is -3.14. The molecule has 0 aliphatic heterocycles. The Hall–Kier alpha value is -1.16. The van der Waals surface area contributed by atoms with Gasteiger partial charge < -0.3 is 0 Å². The third-order valence-corrected chi connectivity index (χ3v) is 5.11. The van der Waals surface area contributed by atoms with Gasteiger partial charge in [0, 0.05) is 5.56 Å². The van der Waals surface area contributed by atoms with Crippen LogP contribution < -0.4 is 0 Å². The van der Waals surface area contributed by atoms with E-state index in [-0.39, 0.29) is 5.25 Å². The first-order valence-corrected chi connectivity index (χ1v) is 6.48. The highest BCUT2D eigenvalue weighted by Crippen LogP contribution is 2.30. The Bertz CT molecular complexity index is 455. The highest BCUT2D eigenvalue weighted by atomic mass is 32.2. The summed E-state index contributed by atoms with van der Waals surface area (Å²) in [6, 6.07) is 6.10. The first kappa shape index (κ1) is 10.4. The van der Waals surface area contributed by atoms with Crippen LogP contribution in [0, 0.1) is 0 Å². The summed E-state index contributed by atoms with van der Waals surface area (Å²) < 4.78 is 23.9. The zero-order valence-electron chi connectivity index (χ0n) is 8.22. The van der Waals surface area contributed by atoms with Crippen LogP contribution in [0.3, 0.4) is 0 Å². The van der Waals surface area contributed by atoms with Crippen LogP contribution >= 0.6 is 0 Å². The van der Waals surface area contributed by atoms with Crippen molar-refractivity contribution < 1.29 is 13.2 Å². The van der Waals surface area contributed by atoms with E-state index in [2.05, 4.69) is 0 Å². The molecule has 0 N–H and O–H groups in total. The van der Waals surface area contributed by atoms with E-state index in [9.17, 15) is 13.2 Å². The summed E-state index contributed by atoms with van der Waals surface area (Å²) >= 11 is 0. The molecule has 80 valence electrons. The summed E-state index contributed by atoms with van der Waals surface area (Å²) in [5.74, 6) is 0. The predicted octanol–water partition coefficient (Wildman–Crippen LogP) is 1.83. The molecule has 1 aliphatic carbocycles. The van der Waals surface area contributed by atoms with Gasteiger partial charge in [-0.25, -0.2) is 8.42 Å². The molecule has 1 aliphatic rings. The second-order valence-electron chi connectivity index (χ2n) is 3.78. The molecular weight excluding hydrogens is 212 g/mol. The number of carbonyl (C=O) groups is 1. The summed E-state index contributed by atoms with van der Waals surface area (Å²) in [5, 5.41) is -0.209. The molecule has 0 spiro atoms. The maximum Gasteiger partial charge on any atom is 0.181 e. The van der Waals surface area contributed by atoms with Crippen molar-refractivity contribution in [2.24, 2.45) is 0 Å². The van der Waals surface area contributed by atoms with Crippen LogP contribution in [0.15, 0.2) is 29.2 Å². The van der Waals surface area contributed by atoms with Gasteiger partial charge in [0.2, 0.25) is 0 Å². The molecule has 1 saturated carbocycles. The second-order valence-corrected chi connectivity index (χ2v) is 6.01. The topological polar surface area (TPSA) is 51.2 Å². The minimum atomic E-state index is -3.14. The average Bonchev–Trinajstić information content (AvgIpc) is 2.14. The van der Waals surface area contributed by atoms with E-state index in [4.69, 9.17) is 0 Å². The zero-order valence-corrected chi connectivity index (χ0v) is 9.03. The summed E-state index contributed by atoms with van der Waals surface area (Å²) in [6.45, 7) is 0. The van der Waals surface area contributed by atoms with Gasteiger partial charge in [-0.05, 0) is 25.0 Å². The molecule has 0 bridgehead atoms. The van der Waals surface area contributed by atoms with E-state index in [0.717, 1.165) is 19.3 Å². The minimum Gasteiger partial charge on any atom is -0.298 e. The third kappa shape index (κ3) is 1.81. The van der Waals surface area contributed by atoms with Crippen molar-refractivity contribution in [2.75, 3.05) is 0 Å². The molecule has 0 atom stereocenters. The lowest BCUT2D eigenvalue weighted by molar-refractivity contribution is 0.112. The van der Waals surface area contributed by atoms with E-state index in [1.807, 2.05) is 0 Å². The Labute approximate surface area is 89.0 Å². The van der Waals surface area contributed by atoms with E-state index in [1.165, 1.54) is 12.1 Å². The number of hydrogen-bond donors (Lipinski definition) is 0. The van der Waals surface area contributed by atoms with Crippen molar-refractivity contribution in [3.8, 4) is 0 Å². The molecular formula is C11H12O3S. The minimum absolute atomic E-state index is 0.209. The molecule has 1 aromatic carbocycles. The van der Waals surface area contributed by atoms with Gasteiger partial charge in [-0.3, -0.25) is 4.79 Å². The van der Waals surface area contributed by atoms with Gasteiger partial charge in [0.25, 0.3) is 0 Å².